The summed E-state index contributed by atoms with van der Waals surface area (Å²) in [7, 11) is -3.57. The number of nitrogens with zero attached hydrogens (tertiary/aromatic N) is 5. The van der Waals surface area contributed by atoms with Crippen LogP contribution in [0.1, 0.15) is 59.5 Å². The second-order valence-corrected chi connectivity index (χ2v) is 11.3. The lowest BCUT2D eigenvalue weighted by molar-refractivity contribution is 0.0698. The molecule has 184 valence electrons. The normalized spacial score (nSPS) is 18.0. The summed E-state index contributed by atoms with van der Waals surface area (Å²) < 4.78 is 29.6. The largest absolute Gasteiger partial charge is 0.336 e. The highest BCUT2D eigenvalue weighted by molar-refractivity contribution is 7.89. The molecule has 2 aromatic carbocycles. The van der Waals surface area contributed by atoms with E-state index >= 15 is 0 Å². The van der Waals surface area contributed by atoms with E-state index in [0.29, 0.717) is 49.1 Å². The van der Waals surface area contributed by atoms with E-state index in [9.17, 15) is 13.2 Å². The van der Waals surface area contributed by atoms with Crippen LogP contribution in [0.5, 0.6) is 0 Å². The summed E-state index contributed by atoms with van der Waals surface area (Å²) in [5.41, 5.74) is 2.87. The van der Waals surface area contributed by atoms with Crippen LogP contribution in [0.4, 0.5) is 0 Å². The van der Waals surface area contributed by atoms with Gasteiger partial charge in [0.15, 0.2) is 0 Å². The molecule has 0 radical (unpaired) electrons. The van der Waals surface area contributed by atoms with Gasteiger partial charge in [-0.2, -0.15) is 9.40 Å². The molecular weight excluding hydrogens is 462 g/mol. The fourth-order valence-corrected chi connectivity index (χ4v) is 6.49. The second-order valence-electron chi connectivity index (χ2n) is 9.39. The molecule has 2 fully saturated rings. The maximum absolute atomic E-state index is 13.2. The van der Waals surface area contributed by atoms with Gasteiger partial charge in [-0.1, -0.05) is 43.5 Å². The van der Waals surface area contributed by atoms with Crippen molar-refractivity contribution >= 4 is 15.9 Å². The minimum absolute atomic E-state index is 0.0776. The summed E-state index contributed by atoms with van der Waals surface area (Å²) in [6.45, 7) is 1.93. The summed E-state index contributed by atoms with van der Waals surface area (Å²) in [5, 5.41) is 4.09. The lowest BCUT2D eigenvalue weighted by atomic mass is 9.84. The van der Waals surface area contributed by atoms with Gasteiger partial charge in [0, 0.05) is 31.7 Å². The molecule has 1 saturated carbocycles. The van der Waals surface area contributed by atoms with Crippen LogP contribution in [0.15, 0.2) is 66.1 Å². The van der Waals surface area contributed by atoms with Crippen molar-refractivity contribution < 1.29 is 13.2 Å². The molecule has 0 spiro atoms. The van der Waals surface area contributed by atoms with Gasteiger partial charge in [-0.05, 0) is 54.2 Å². The van der Waals surface area contributed by atoms with Crippen molar-refractivity contribution in [2.75, 3.05) is 26.2 Å². The number of sulfonamides is 1. The summed E-state index contributed by atoms with van der Waals surface area (Å²) in [6, 6.07) is 14.9. The number of carbonyl (C=O) groups excluding carboxylic acids is 1. The van der Waals surface area contributed by atoms with Gasteiger partial charge in [-0.15, -0.1) is 0 Å². The van der Waals surface area contributed by atoms with E-state index < -0.39 is 10.0 Å². The average molecular weight is 494 g/mol. The van der Waals surface area contributed by atoms with Gasteiger partial charge in [-0.25, -0.2) is 18.1 Å². The molecule has 0 N–H and O–H groups in total. The Labute approximate surface area is 206 Å². The quantitative estimate of drug-likeness (QED) is 0.524. The molecule has 1 saturated heterocycles. The first-order valence-corrected chi connectivity index (χ1v) is 13.8. The molecule has 1 aliphatic carbocycles. The van der Waals surface area contributed by atoms with Crippen molar-refractivity contribution in [3.05, 3.63) is 77.9 Å². The van der Waals surface area contributed by atoms with Crippen molar-refractivity contribution in [1.82, 2.24) is 24.0 Å². The van der Waals surface area contributed by atoms with Crippen molar-refractivity contribution in [1.29, 1.82) is 0 Å². The molecule has 1 amide bonds. The number of benzene rings is 2. The Hall–Kier alpha value is -3.04. The van der Waals surface area contributed by atoms with Crippen LogP contribution < -0.4 is 0 Å². The minimum Gasteiger partial charge on any atom is -0.336 e. The van der Waals surface area contributed by atoms with Crippen molar-refractivity contribution in [3.8, 4) is 0 Å². The van der Waals surface area contributed by atoms with Crippen LogP contribution in [-0.4, -0.2) is 64.5 Å². The van der Waals surface area contributed by atoms with Gasteiger partial charge < -0.3 is 4.90 Å². The third kappa shape index (κ3) is 5.31. The number of hydrogen-bond donors (Lipinski definition) is 0. The number of carbonyl (C=O) groups is 1. The topological polar surface area (TPSA) is 88.4 Å². The first-order valence-electron chi connectivity index (χ1n) is 12.3. The van der Waals surface area contributed by atoms with Gasteiger partial charge in [-0.3, -0.25) is 4.79 Å². The third-order valence-corrected chi connectivity index (χ3v) is 9.05. The fraction of sp³-hybridized carbons (Fsp3) is 0.423. The molecule has 2 aliphatic rings. The molecular formula is C26H31N5O3S. The zero-order valence-electron chi connectivity index (χ0n) is 19.8. The van der Waals surface area contributed by atoms with Crippen molar-refractivity contribution in [3.63, 3.8) is 0 Å². The molecule has 3 aromatic rings. The van der Waals surface area contributed by atoms with Crippen LogP contribution >= 0.6 is 0 Å². The van der Waals surface area contributed by atoms with Gasteiger partial charge in [0.1, 0.15) is 12.7 Å². The third-order valence-electron chi connectivity index (χ3n) is 7.13. The van der Waals surface area contributed by atoms with Crippen molar-refractivity contribution in [2.24, 2.45) is 0 Å². The Morgan fingerprint density at radius 1 is 0.886 bits per heavy atom. The molecule has 0 unspecified atom stereocenters. The first kappa shape index (κ1) is 23.7. The smallest absolute Gasteiger partial charge is 0.253 e. The summed E-state index contributed by atoms with van der Waals surface area (Å²) in [6.07, 6.45) is 9.32. The van der Waals surface area contributed by atoms with E-state index in [4.69, 9.17) is 0 Å². The van der Waals surface area contributed by atoms with E-state index in [0.717, 1.165) is 5.56 Å². The number of amides is 1. The highest BCUT2D eigenvalue weighted by atomic mass is 32.2. The van der Waals surface area contributed by atoms with E-state index in [1.807, 2.05) is 36.4 Å². The first-order chi connectivity index (χ1) is 17.0. The number of aromatic nitrogens is 3. The summed E-state index contributed by atoms with van der Waals surface area (Å²) in [4.78, 5) is 19.0. The van der Waals surface area contributed by atoms with Crippen LogP contribution in [-0.2, 0) is 16.6 Å². The predicted molar refractivity (Wildman–Crippen MR) is 132 cm³/mol. The maximum atomic E-state index is 13.2. The standard InChI is InChI=1S/C26H31N5O3S/c32-26(24-8-6-21(7-9-24)18-30-20-27-19-28-30)29-14-16-31(17-15-29)35(33,34)25-12-10-23(11-13-25)22-4-2-1-3-5-22/h6-13,19-20,22H,1-5,14-18H2. The number of rotatable bonds is 6. The van der Waals surface area contributed by atoms with Gasteiger partial charge in [0.05, 0.1) is 11.4 Å². The monoisotopic (exact) mass is 493 g/mol. The van der Waals surface area contributed by atoms with Gasteiger partial charge >= 0.3 is 0 Å². The Morgan fingerprint density at radius 2 is 1.57 bits per heavy atom. The molecule has 9 heteroatoms. The summed E-state index contributed by atoms with van der Waals surface area (Å²) in [5.74, 6) is 0.470. The number of hydrogen-bond acceptors (Lipinski definition) is 5. The Kier molecular flexibility index (Phi) is 6.97. The van der Waals surface area contributed by atoms with E-state index in [1.165, 1.54) is 48.3 Å². The SMILES string of the molecule is O=C(c1ccc(Cn2cncn2)cc1)N1CCN(S(=O)(=O)c2ccc(C3CCCCC3)cc2)CC1. The average Bonchev–Trinajstić information content (AvgIpc) is 3.42. The van der Waals surface area contributed by atoms with E-state index in [2.05, 4.69) is 10.1 Å². The molecule has 0 atom stereocenters. The van der Waals surface area contributed by atoms with Crippen LogP contribution in [0, 0.1) is 0 Å². The van der Waals surface area contributed by atoms with E-state index in [1.54, 1.807) is 28.0 Å². The Morgan fingerprint density at radius 3 is 2.20 bits per heavy atom. The highest BCUT2D eigenvalue weighted by Gasteiger charge is 2.30. The van der Waals surface area contributed by atoms with Crippen molar-refractivity contribution in [2.45, 2.75) is 49.5 Å². The van der Waals surface area contributed by atoms with Crippen LogP contribution in [0.25, 0.3) is 0 Å². The summed E-state index contributed by atoms with van der Waals surface area (Å²) >= 11 is 0. The van der Waals surface area contributed by atoms with Gasteiger partial charge in [0.2, 0.25) is 10.0 Å². The Balaban J connectivity index is 1.18. The molecule has 1 aromatic heterocycles. The molecule has 1 aliphatic heterocycles. The maximum Gasteiger partial charge on any atom is 0.253 e. The molecule has 0 bridgehead atoms. The van der Waals surface area contributed by atoms with Crippen LogP contribution in [0.3, 0.4) is 0 Å². The lowest BCUT2D eigenvalue weighted by Crippen LogP contribution is -2.50. The molecule has 8 nitrogen and oxygen atoms in total. The number of piperazine rings is 1. The van der Waals surface area contributed by atoms with E-state index in [-0.39, 0.29) is 5.91 Å². The molecule has 2 heterocycles. The highest BCUT2D eigenvalue weighted by Crippen LogP contribution is 2.33. The molecule has 35 heavy (non-hydrogen) atoms. The van der Waals surface area contributed by atoms with Crippen LogP contribution in [0.2, 0.25) is 0 Å². The Bertz CT molecular complexity index is 1230. The minimum atomic E-state index is -3.57. The lowest BCUT2D eigenvalue weighted by Gasteiger charge is -2.34. The molecule has 5 rings (SSSR count). The zero-order valence-corrected chi connectivity index (χ0v) is 20.6. The zero-order chi connectivity index (χ0) is 24.3. The predicted octanol–water partition coefficient (Wildman–Crippen LogP) is 3.52. The second kappa shape index (κ2) is 10.3. The fourth-order valence-electron chi connectivity index (χ4n) is 5.07. The van der Waals surface area contributed by atoms with Gasteiger partial charge in [0.25, 0.3) is 5.91 Å².